The van der Waals surface area contributed by atoms with Gasteiger partial charge in [-0.1, -0.05) is 9.24 Å². The van der Waals surface area contributed by atoms with Gasteiger partial charge in [-0.25, -0.2) is 0 Å². The number of hydrogen-bond acceptors (Lipinski definition) is 1. The molecule has 0 aliphatic heterocycles. The average Bonchev–Trinajstić information content (AvgIpc) is 1.61. The van der Waals surface area contributed by atoms with Crippen LogP contribution in [0.5, 0.6) is 0 Å². The van der Waals surface area contributed by atoms with Crippen LogP contribution in [0.25, 0.3) is 0 Å². The minimum Gasteiger partial charge on any atom is -0.258 e. The molecule has 0 saturated carbocycles. The first kappa shape index (κ1) is 8.25. The number of nitrogens with zero attached hydrogens (tertiary/aromatic N) is 1. The molecule has 0 amide bonds. The zero-order chi connectivity index (χ0) is 6.57. The van der Waals surface area contributed by atoms with Gasteiger partial charge in [0.15, 0.2) is 4.74 Å². The fraction of sp³-hybridized carbons (Fsp3) is 0.250. The highest BCUT2D eigenvalue weighted by atomic mass is 79.9. The fourth-order valence-electron chi connectivity index (χ4n) is 0.151. The van der Waals surface area contributed by atoms with E-state index in [0.29, 0.717) is 0 Å². The molecule has 0 aliphatic carbocycles. The molecule has 0 aromatic carbocycles. The van der Waals surface area contributed by atoms with E-state index in [1.807, 2.05) is 0 Å². The summed E-state index contributed by atoms with van der Waals surface area (Å²) in [4.78, 5) is 3.62. The standard InChI is InChI=1S/C4H6BrFNP/c1-3(8)7-2-4(5)6/h2H,8H2,1H3/b4-2-,7-3+. The molecule has 0 bridgehead atoms. The van der Waals surface area contributed by atoms with E-state index >= 15 is 0 Å². The van der Waals surface area contributed by atoms with Crippen LogP contribution in [-0.2, 0) is 0 Å². The van der Waals surface area contributed by atoms with Crippen molar-refractivity contribution in [2.45, 2.75) is 6.92 Å². The summed E-state index contributed by atoms with van der Waals surface area (Å²) in [6.45, 7) is 1.76. The van der Waals surface area contributed by atoms with Gasteiger partial charge in [0.05, 0.1) is 6.20 Å². The first-order chi connectivity index (χ1) is 3.63. The Kier molecular flexibility index (Phi) is 4.29. The highest BCUT2D eigenvalue weighted by molar-refractivity contribution is 9.11. The van der Waals surface area contributed by atoms with Crippen molar-refractivity contribution in [3.05, 3.63) is 10.9 Å². The third-order valence-electron chi connectivity index (χ3n) is 0.366. The zero-order valence-electron chi connectivity index (χ0n) is 4.36. The second-order valence-electron chi connectivity index (χ2n) is 1.19. The van der Waals surface area contributed by atoms with Crippen LogP contribution in [0.15, 0.2) is 15.9 Å². The summed E-state index contributed by atoms with van der Waals surface area (Å²) in [5, 5.41) is 0. The molecule has 0 aromatic rings. The summed E-state index contributed by atoms with van der Waals surface area (Å²) in [6, 6.07) is 0. The fourth-order valence-corrected chi connectivity index (χ4v) is 0.328. The van der Waals surface area contributed by atoms with Gasteiger partial charge in [-0.3, -0.25) is 4.99 Å². The lowest BCUT2D eigenvalue weighted by molar-refractivity contribution is 0.702. The Labute approximate surface area is 58.4 Å². The number of rotatable bonds is 1. The van der Waals surface area contributed by atoms with Gasteiger partial charge >= 0.3 is 0 Å². The Hall–Kier alpha value is 0.250. The number of halogens is 2. The topological polar surface area (TPSA) is 12.4 Å². The van der Waals surface area contributed by atoms with Gasteiger partial charge in [0.25, 0.3) is 0 Å². The molecule has 46 valence electrons. The van der Waals surface area contributed by atoms with Crippen LogP contribution >= 0.6 is 25.2 Å². The third kappa shape index (κ3) is 6.25. The smallest absolute Gasteiger partial charge is 0.183 e. The summed E-state index contributed by atoms with van der Waals surface area (Å²) in [7, 11) is 2.34. The van der Waals surface area contributed by atoms with E-state index < -0.39 is 4.74 Å². The Morgan fingerprint density at radius 2 is 2.38 bits per heavy atom. The molecular formula is C4H6BrFNP. The van der Waals surface area contributed by atoms with Gasteiger partial charge in [-0.2, -0.15) is 4.39 Å². The molecule has 1 nitrogen and oxygen atoms in total. The van der Waals surface area contributed by atoms with E-state index in [4.69, 9.17) is 0 Å². The summed E-state index contributed by atoms with van der Waals surface area (Å²) in [6.07, 6.45) is 1.10. The SMILES string of the molecule is C/C(P)=N\C=C(/F)Br. The minimum absolute atomic E-state index is 0.459. The summed E-state index contributed by atoms with van der Waals surface area (Å²) in [5.41, 5.74) is 0.750. The largest absolute Gasteiger partial charge is 0.258 e. The minimum atomic E-state index is -0.459. The molecule has 0 saturated heterocycles. The van der Waals surface area contributed by atoms with E-state index in [1.54, 1.807) is 6.92 Å². The van der Waals surface area contributed by atoms with Crippen LogP contribution < -0.4 is 0 Å². The first-order valence-corrected chi connectivity index (χ1v) is 3.31. The summed E-state index contributed by atoms with van der Waals surface area (Å²) in [5.74, 6) is 0. The molecular weight excluding hydrogens is 192 g/mol. The molecule has 1 unspecified atom stereocenters. The van der Waals surface area contributed by atoms with Crippen LogP contribution in [-0.4, -0.2) is 5.45 Å². The van der Waals surface area contributed by atoms with Gasteiger partial charge in [0.1, 0.15) is 0 Å². The van der Waals surface area contributed by atoms with Gasteiger partial charge in [0, 0.05) is 5.45 Å². The second kappa shape index (κ2) is 4.16. The second-order valence-corrected chi connectivity index (χ2v) is 2.78. The lowest BCUT2D eigenvalue weighted by Crippen LogP contribution is -1.68. The molecule has 0 aromatic heterocycles. The molecule has 0 spiro atoms. The first-order valence-electron chi connectivity index (χ1n) is 1.94. The van der Waals surface area contributed by atoms with Crippen molar-refractivity contribution >= 4 is 30.6 Å². The quantitative estimate of drug-likeness (QED) is 0.453. The van der Waals surface area contributed by atoms with Crippen LogP contribution in [0.1, 0.15) is 6.92 Å². The van der Waals surface area contributed by atoms with Crippen LogP contribution in [0.4, 0.5) is 4.39 Å². The summed E-state index contributed by atoms with van der Waals surface area (Å²) >= 11 is 2.58. The Bertz CT molecular complexity index is 108. The zero-order valence-corrected chi connectivity index (χ0v) is 7.10. The Morgan fingerprint density at radius 1 is 1.88 bits per heavy atom. The molecule has 4 heteroatoms. The molecule has 1 atom stereocenters. The Morgan fingerprint density at radius 3 is 2.50 bits per heavy atom. The number of aliphatic imine (C=N–C) groups is 1. The van der Waals surface area contributed by atoms with Crippen molar-refractivity contribution in [2.75, 3.05) is 0 Å². The highest BCUT2D eigenvalue weighted by Crippen LogP contribution is 2.05. The maximum atomic E-state index is 11.7. The lowest BCUT2D eigenvalue weighted by Gasteiger charge is -1.80. The molecule has 8 heavy (non-hydrogen) atoms. The van der Waals surface area contributed by atoms with Crippen molar-refractivity contribution in [1.82, 2.24) is 0 Å². The predicted molar refractivity (Wildman–Crippen MR) is 40.9 cm³/mol. The van der Waals surface area contributed by atoms with Crippen LogP contribution in [0.2, 0.25) is 0 Å². The normalized spacial score (nSPS) is 14.5. The van der Waals surface area contributed by atoms with Gasteiger partial charge < -0.3 is 0 Å². The van der Waals surface area contributed by atoms with E-state index in [-0.39, 0.29) is 0 Å². The van der Waals surface area contributed by atoms with Crippen molar-refractivity contribution < 1.29 is 4.39 Å². The van der Waals surface area contributed by atoms with Crippen LogP contribution in [0.3, 0.4) is 0 Å². The highest BCUT2D eigenvalue weighted by Gasteiger charge is 1.79. The van der Waals surface area contributed by atoms with Gasteiger partial charge in [0.2, 0.25) is 0 Å². The third-order valence-corrected chi connectivity index (χ3v) is 0.720. The molecule has 0 N–H and O–H groups in total. The van der Waals surface area contributed by atoms with E-state index in [9.17, 15) is 4.39 Å². The van der Waals surface area contributed by atoms with Crippen molar-refractivity contribution in [1.29, 1.82) is 0 Å². The Balaban J connectivity index is 3.76. The van der Waals surface area contributed by atoms with Crippen molar-refractivity contribution in [3.8, 4) is 0 Å². The maximum Gasteiger partial charge on any atom is 0.183 e. The average molecular weight is 198 g/mol. The van der Waals surface area contributed by atoms with Gasteiger partial charge in [-0.15, -0.1) is 0 Å². The number of hydrogen-bond donors (Lipinski definition) is 0. The maximum absolute atomic E-state index is 11.7. The monoisotopic (exact) mass is 197 g/mol. The van der Waals surface area contributed by atoms with E-state index in [2.05, 4.69) is 30.2 Å². The van der Waals surface area contributed by atoms with Gasteiger partial charge in [-0.05, 0) is 22.9 Å². The molecule has 0 fully saturated rings. The lowest BCUT2D eigenvalue weighted by atomic mass is 10.8. The van der Waals surface area contributed by atoms with Crippen molar-refractivity contribution in [2.24, 2.45) is 4.99 Å². The van der Waals surface area contributed by atoms with Crippen LogP contribution in [0, 0.1) is 0 Å². The van der Waals surface area contributed by atoms with E-state index in [1.165, 1.54) is 0 Å². The molecule has 0 aliphatic rings. The van der Waals surface area contributed by atoms with Crippen molar-refractivity contribution in [3.63, 3.8) is 0 Å². The molecule has 0 heterocycles. The predicted octanol–water partition coefficient (Wildman–Crippen LogP) is 2.44. The van der Waals surface area contributed by atoms with E-state index in [0.717, 1.165) is 11.7 Å². The summed E-state index contributed by atoms with van der Waals surface area (Å²) < 4.78 is 11.3. The molecule has 0 radical (unpaired) electrons. The molecule has 0 rings (SSSR count).